The fraction of sp³-hybridized carbons (Fsp3) is 0.441. The second-order valence-electron chi connectivity index (χ2n) is 13.2. The zero-order valence-electron chi connectivity index (χ0n) is 27.5. The highest BCUT2D eigenvalue weighted by Gasteiger charge is 2.55. The summed E-state index contributed by atoms with van der Waals surface area (Å²) in [5.41, 5.74) is 0.710. The van der Waals surface area contributed by atoms with E-state index in [-0.39, 0.29) is 31.7 Å². The maximum Gasteiger partial charge on any atom is 0.259 e. The molecule has 2 aromatic carbocycles. The Morgan fingerprint density at radius 1 is 1.04 bits per heavy atom. The second-order valence-corrected chi connectivity index (χ2v) is 15.2. The molecule has 4 amide bonds. The number of methoxy groups -OCH3 is 1. The minimum Gasteiger partial charge on any atom is -0.497 e. The summed E-state index contributed by atoms with van der Waals surface area (Å²) in [5, 5.41) is 5.31. The molecule has 3 aliphatic rings. The first-order chi connectivity index (χ1) is 23.3. The molecule has 2 aliphatic carbocycles. The van der Waals surface area contributed by atoms with Crippen LogP contribution in [-0.4, -0.2) is 92.3 Å². The van der Waals surface area contributed by atoms with E-state index in [1.54, 1.807) is 39.2 Å². The normalized spacial score (nSPS) is 20.4. The molecule has 1 saturated heterocycles. The Balaban J connectivity index is 1.30. The average Bonchev–Trinajstić information content (AvgIpc) is 4.01. The van der Waals surface area contributed by atoms with Gasteiger partial charge in [0.25, 0.3) is 5.91 Å². The van der Waals surface area contributed by atoms with Crippen LogP contribution in [-0.2, 0) is 24.4 Å². The van der Waals surface area contributed by atoms with Crippen molar-refractivity contribution in [3.8, 4) is 22.8 Å². The van der Waals surface area contributed by atoms with Crippen molar-refractivity contribution in [3.63, 3.8) is 0 Å². The van der Waals surface area contributed by atoms with Crippen LogP contribution in [0.5, 0.6) is 11.5 Å². The van der Waals surface area contributed by atoms with E-state index >= 15 is 0 Å². The molecule has 3 N–H and O–H groups in total. The van der Waals surface area contributed by atoms with Crippen LogP contribution in [0.4, 0.5) is 4.79 Å². The summed E-state index contributed by atoms with van der Waals surface area (Å²) in [7, 11) is 3.13. The SMILES string of the molecule is [B]C(=O)N[C@H](C(=O)N1C[C@H](Oc2cc(-c3ccccc3)nc3cc(OC)ccc23)CC1C(=O)NC1(C(=O)NS(=O)(=O)C2CC2)CC1)C(C)C. The van der Waals surface area contributed by atoms with Gasteiger partial charge in [-0.1, -0.05) is 44.2 Å². The Hall–Kier alpha value is -4.66. The molecule has 2 radical (unpaired) electrons. The summed E-state index contributed by atoms with van der Waals surface area (Å²) in [5.74, 6) is -2.15. The maximum atomic E-state index is 14.0. The number of rotatable bonds is 12. The molecule has 2 heterocycles. The number of nitrogens with zero attached hydrogens (tertiary/aromatic N) is 2. The second kappa shape index (κ2) is 13.3. The number of carbonyl (C=O) groups excluding carboxylic acids is 4. The third-order valence-corrected chi connectivity index (χ3v) is 11.0. The number of nitrogens with one attached hydrogen (secondary N) is 3. The molecule has 256 valence electrons. The molecule has 3 aromatic rings. The van der Waals surface area contributed by atoms with Crippen LogP contribution in [0.3, 0.4) is 0 Å². The first kappa shape index (κ1) is 34.2. The highest BCUT2D eigenvalue weighted by molar-refractivity contribution is 7.91. The zero-order valence-corrected chi connectivity index (χ0v) is 28.3. The third kappa shape index (κ3) is 7.36. The number of hydrogen-bond donors (Lipinski definition) is 3. The first-order valence-corrected chi connectivity index (χ1v) is 17.8. The lowest BCUT2D eigenvalue weighted by atomic mass is 9.99. The summed E-state index contributed by atoms with van der Waals surface area (Å²) in [6, 6.07) is 14.6. The van der Waals surface area contributed by atoms with Gasteiger partial charge in [0.15, 0.2) is 5.81 Å². The van der Waals surface area contributed by atoms with E-state index in [1.807, 2.05) is 36.4 Å². The summed E-state index contributed by atoms with van der Waals surface area (Å²) in [6.45, 7) is 3.46. The zero-order chi connectivity index (χ0) is 35.1. The van der Waals surface area contributed by atoms with E-state index in [0.29, 0.717) is 40.9 Å². The highest BCUT2D eigenvalue weighted by atomic mass is 32.2. The molecule has 15 heteroatoms. The van der Waals surface area contributed by atoms with Crippen LogP contribution >= 0.6 is 0 Å². The summed E-state index contributed by atoms with van der Waals surface area (Å²) in [4.78, 5) is 59.0. The van der Waals surface area contributed by atoms with E-state index in [9.17, 15) is 27.6 Å². The quantitative estimate of drug-likeness (QED) is 0.242. The molecule has 1 unspecified atom stereocenters. The standard InChI is InChI=1S/C34H38BN5O8S/c1-19(2)29(37-33(35)44)31(42)40-18-22(16-27(40)30(41)38-34(13-14-34)32(43)39-49(45,46)23-10-11-23)48-28-17-25(20-7-5-4-6-8-20)36-26-15-21(47-3)9-12-24(26)28/h4-9,12,15,17,19,22-23,27,29H,10-11,13-14,16,18H2,1-3H3,(H,37,44)(H,38,41)(H,39,43)/t22-,27?,29+/m1/s1. The van der Waals surface area contributed by atoms with Gasteiger partial charge >= 0.3 is 0 Å². The van der Waals surface area contributed by atoms with Gasteiger partial charge in [0.1, 0.15) is 35.2 Å². The molecule has 2 saturated carbocycles. The lowest BCUT2D eigenvalue weighted by Gasteiger charge is -2.31. The van der Waals surface area contributed by atoms with Crippen LogP contribution < -0.4 is 24.8 Å². The molecular formula is C34H38BN5O8S. The number of amides is 4. The van der Waals surface area contributed by atoms with Gasteiger partial charge in [-0.15, -0.1) is 0 Å². The van der Waals surface area contributed by atoms with E-state index in [0.717, 1.165) is 5.56 Å². The average molecular weight is 688 g/mol. The summed E-state index contributed by atoms with van der Waals surface area (Å²) in [6.07, 6.45) is 0.822. The highest BCUT2D eigenvalue weighted by Crippen LogP contribution is 2.39. The molecule has 3 fully saturated rings. The van der Waals surface area contributed by atoms with Crippen molar-refractivity contribution < 1.29 is 37.1 Å². The van der Waals surface area contributed by atoms with E-state index in [2.05, 4.69) is 15.4 Å². The predicted molar refractivity (Wildman–Crippen MR) is 181 cm³/mol. The van der Waals surface area contributed by atoms with Gasteiger partial charge < -0.3 is 25.0 Å². The monoisotopic (exact) mass is 687 g/mol. The number of likely N-dealkylation sites (tertiary alicyclic amines) is 1. The van der Waals surface area contributed by atoms with Crippen LogP contribution in [0.2, 0.25) is 0 Å². The van der Waals surface area contributed by atoms with Crippen molar-refractivity contribution in [2.75, 3.05) is 13.7 Å². The topological polar surface area (TPSA) is 173 Å². The van der Waals surface area contributed by atoms with Crippen molar-refractivity contribution >= 4 is 52.3 Å². The Labute approximate surface area is 286 Å². The van der Waals surface area contributed by atoms with Gasteiger partial charge in [-0.2, -0.15) is 0 Å². The van der Waals surface area contributed by atoms with Crippen LogP contribution in [0.25, 0.3) is 22.2 Å². The molecule has 49 heavy (non-hydrogen) atoms. The van der Waals surface area contributed by atoms with Crippen LogP contribution in [0.15, 0.2) is 54.6 Å². The molecule has 6 rings (SSSR count). The molecule has 1 aromatic heterocycles. The Morgan fingerprint density at radius 2 is 1.76 bits per heavy atom. The first-order valence-electron chi connectivity index (χ1n) is 16.3. The summed E-state index contributed by atoms with van der Waals surface area (Å²) < 4.78 is 39.1. The number of carbonyl (C=O) groups is 4. The van der Waals surface area contributed by atoms with E-state index < -0.39 is 62.5 Å². The van der Waals surface area contributed by atoms with Crippen molar-refractivity contribution in [2.24, 2.45) is 5.92 Å². The van der Waals surface area contributed by atoms with Gasteiger partial charge in [0.05, 0.1) is 30.1 Å². The van der Waals surface area contributed by atoms with E-state index in [4.69, 9.17) is 22.3 Å². The lowest BCUT2D eigenvalue weighted by Crippen LogP contribution is -2.58. The largest absolute Gasteiger partial charge is 0.497 e. The van der Waals surface area contributed by atoms with Gasteiger partial charge in [-0.05, 0) is 43.7 Å². The Bertz CT molecular complexity index is 1900. The molecular weight excluding hydrogens is 649 g/mol. The van der Waals surface area contributed by atoms with Crippen molar-refractivity contribution in [3.05, 3.63) is 54.6 Å². The third-order valence-electron chi connectivity index (χ3n) is 9.17. The molecule has 3 atom stereocenters. The smallest absolute Gasteiger partial charge is 0.259 e. The molecule has 13 nitrogen and oxygen atoms in total. The number of benzene rings is 2. The van der Waals surface area contributed by atoms with Gasteiger partial charge in [0, 0.05) is 29.5 Å². The van der Waals surface area contributed by atoms with Crippen LogP contribution in [0, 0.1) is 5.92 Å². The number of sulfonamides is 1. The van der Waals surface area contributed by atoms with Gasteiger partial charge in [-0.3, -0.25) is 23.9 Å². The number of ether oxygens (including phenoxy) is 2. The van der Waals surface area contributed by atoms with Crippen molar-refractivity contribution in [1.29, 1.82) is 0 Å². The Kier molecular flexibility index (Phi) is 9.31. The van der Waals surface area contributed by atoms with E-state index in [1.165, 1.54) is 4.90 Å². The lowest BCUT2D eigenvalue weighted by molar-refractivity contribution is -0.141. The summed E-state index contributed by atoms with van der Waals surface area (Å²) >= 11 is 0. The fourth-order valence-electron chi connectivity index (χ4n) is 6.10. The molecule has 0 spiro atoms. The molecule has 0 bridgehead atoms. The van der Waals surface area contributed by atoms with Crippen molar-refractivity contribution in [1.82, 2.24) is 25.2 Å². The minimum atomic E-state index is -3.83. The predicted octanol–water partition coefficient (Wildman–Crippen LogP) is 2.42. The van der Waals surface area contributed by atoms with Crippen molar-refractivity contribution in [2.45, 2.75) is 74.9 Å². The number of aromatic nitrogens is 1. The Morgan fingerprint density at radius 3 is 2.37 bits per heavy atom. The fourth-order valence-corrected chi connectivity index (χ4v) is 7.48. The number of hydrogen-bond acceptors (Lipinski definition) is 9. The number of pyridine rings is 1. The van der Waals surface area contributed by atoms with Crippen LogP contribution in [0.1, 0.15) is 46.0 Å². The number of fused-ring (bicyclic) bond motifs is 1. The maximum absolute atomic E-state index is 14.0. The minimum absolute atomic E-state index is 0.0174. The molecule has 1 aliphatic heterocycles. The van der Waals surface area contributed by atoms with Gasteiger partial charge in [-0.25, -0.2) is 13.4 Å². The van der Waals surface area contributed by atoms with Gasteiger partial charge in [0.2, 0.25) is 29.7 Å².